The van der Waals surface area contributed by atoms with Crippen LogP contribution in [0.3, 0.4) is 0 Å². The first-order valence-corrected chi connectivity index (χ1v) is 8.93. The molecule has 0 aliphatic heterocycles. The van der Waals surface area contributed by atoms with Gasteiger partial charge in [-0.05, 0) is 36.6 Å². The molecule has 1 unspecified atom stereocenters. The summed E-state index contributed by atoms with van der Waals surface area (Å²) >= 11 is 0. The van der Waals surface area contributed by atoms with Gasteiger partial charge in [0.1, 0.15) is 5.75 Å². The van der Waals surface area contributed by atoms with Crippen molar-refractivity contribution in [3.05, 3.63) is 24.3 Å². The number of unbranched alkanes of at least 4 members (excludes halogenated alkanes) is 1. The highest BCUT2D eigenvalue weighted by molar-refractivity contribution is 7.54. The molecule has 0 heterocycles. The van der Waals surface area contributed by atoms with E-state index in [4.69, 9.17) is 9.05 Å². The lowest BCUT2D eigenvalue weighted by molar-refractivity contribution is 0.233. The Morgan fingerprint density at radius 2 is 1.90 bits per heavy atom. The molecule has 0 aliphatic rings. The molecule has 0 bridgehead atoms. The number of anilines is 1. The van der Waals surface area contributed by atoms with Crippen molar-refractivity contribution in [3.8, 4) is 5.75 Å². The summed E-state index contributed by atoms with van der Waals surface area (Å²) < 4.78 is 24.0. The molecular formula is C15H26NO3P. The van der Waals surface area contributed by atoms with E-state index < -0.39 is 7.60 Å². The Bertz CT molecular complexity index is 431. The average Bonchev–Trinajstić information content (AvgIpc) is 2.44. The van der Waals surface area contributed by atoms with Crippen molar-refractivity contribution in [3.63, 3.8) is 0 Å². The van der Waals surface area contributed by atoms with Crippen LogP contribution in [0, 0.1) is 5.92 Å². The Kier molecular flexibility index (Phi) is 7.11. The summed E-state index contributed by atoms with van der Waals surface area (Å²) in [7, 11) is -1.20. The Morgan fingerprint density at radius 3 is 2.40 bits per heavy atom. The van der Waals surface area contributed by atoms with E-state index >= 15 is 0 Å². The zero-order chi connectivity index (χ0) is 15.0. The second-order valence-corrected chi connectivity index (χ2v) is 7.35. The molecule has 0 amide bonds. The van der Waals surface area contributed by atoms with E-state index in [-0.39, 0.29) is 0 Å². The van der Waals surface area contributed by atoms with Gasteiger partial charge in [0, 0.05) is 12.7 Å². The van der Waals surface area contributed by atoms with Gasteiger partial charge < -0.3 is 9.84 Å². The fourth-order valence-electron chi connectivity index (χ4n) is 1.59. The highest BCUT2D eigenvalue weighted by Crippen LogP contribution is 2.49. The molecule has 0 aromatic heterocycles. The lowest BCUT2D eigenvalue weighted by Crippen LogP contribution is -2.07. The molecule has 0 fully saturated rings. The van der Waals surface area contributed by atoms with Crippen LogP contribution in [0.5, 0.6) is 5.75 Å². The first kappa shape index (κ1) is 17.1. The number of rotatable bonds is 9. The summed E-state index contributed by atoms with van der Waals surface area (Å²) in [6.07, 6.45) is 2.27. The molecule has 114 valence electrons. The van der Waals surface area contributed by atoms with E-state index in [0.717, 1.165) is 18.5 Å². The van der Waals surface area contributed by atoms with E-state index in [1.54, 1.807) is 0 Å². The number of hydrogen-bond acceptors (Lipinski definition) is 4. The molecule has 1 aromatic rings. The van der Waals surface area contributed by atoms with E-state index in [9.17, 15) is 4.57 Å². The summed E-state index contributed by atoms with van der Waals surface area (Å²) in [6.45, 7) is 6.59. The Balaban J connectivity index is 2.73. The maximum absolute atomic E-state index is 12.7. The van der Waals surface area contributed by atoms with Gasteiger partial charge in [0.05, 0.1) is 12.8 Å². The van der Waals surface area contributed by atoms with Crippen LogP contribution >= 0.6 is 7.60 Å². The third-order valence-electron chi connectivity index (χ3n) is 2.78. The monoisotopic (exact) mass is 299 g/mol. The van der Waals surface area contributed by atoms with Crippen LogP contribution in [-0.4, -0.2) is 19.8 Å². The zero-order valence-electron chi connectivity index (χ0n) is 12.9. The summed E-state index contributed by atoms with van der Waals surface area (Å²) in [5.74, 6) is 0.924. The van der Waals surface area contributed by atoms with Crippen LogP contribution in [-0.2, 0) is 9.09 Å². The highest BCUT2D eigenvalue weighted by Gasteiger charge is 2.25. The van der Waals surface area contributed by atoms with Crippen molar-refractivity contribution < 1.29 is 13.6 Å². The fraction of sp³-hybridized carbons (Fsp3) is 0.600. The van der Waals surface area contributed by atoms with E-state index in [1.807, 2.05) is 45.2 Å². The Morgan fingerprint density at radius 1 is 1.25 bits per heavy atom. The Labute approximate surface area is 122 Å². The first-order chi connectivity index (χ1) is 9.49. The molecule has 1 aromatic carbocycles. The van der Waals surface area contributed by atoms with Crippen LogP contribution in [0.4, 0.5) is 5.69 Å². The van der Waals surface area contributed by atoms with Gasteiger partial charge in [0.25, 0.3) is 0 Å². The summed E-state index contributed by atoms with van der Waals surface area (Å²) in [5.41, 5.74) is 0.990. The quantitative estimate of drug-likeness (QED) is 0.667. The van der Waals surface area contributed by atoms with Gasteiger partial charge in [0.2, 0.25) is 0 Å². The van der Waals surface area contributed by atoms with Crippen molar-refractivity contribution in [2.75, 3.05) is 25.1 Å². The minimum absolute atomic E-state index is 0.334. The lowest BCUT2D eigenvalue weighted by atomic mass is 10.2. The molecule has 0 radical (unpaired) electrons. The number of benzene rings is 1. The van der Waals surface area contributed by atoms with Gasteiger partial charge in [-0.2, -0.15) is 0 Å². The zero-order valence-corrected chi connectivity index (χ0v) is 13.8. The van der Waals surface area contributed by atoms with Crippen LogP contribution in [0.1, 0.15) is 33.6 Å². The van der Waals surface area contributed by atoms with Crippen LogP contribution < -0.4 is 9.84 Å². The smallest absolute Gasteiger partial charge is 0.379 e. The van der Waals surface area contributed by atoms with Gasteiger partial charge in [-0.3, -0.25) is 4.52 Å². The summed E-state index contributed by atoms with van der Waals surface area (Å²) in [4.78, 5) is 0. The normalized spacial score (nSPS) is 14.1. The van der Waals surface area contributed by atoms with Gasteiger partial charge >= 0.3 is 7.60 Å². The third kappa shape index (κ3) is 5.98. The maximum atomic E-state index is 12.7. The van der Waals surface area contributed by atoms with Crippen LogP contribution in [0.25, 0.3) is 0 Å². The van der Waals surface area contributed by atoms with Crippen molar-refractivity contribution in [2.24, 2.45) is 5.92 Å². The topological polar surface area (TPSA) is 47.6 Å². The highest BCUT2D eigenvalue weighted by atomic mass is 31.2. The van der Waals surface area contributed by atoms with Crippen molar-refractivity contribution >= 4 is 13.3 Å². The summed E-state index contributed by atoms with van der Waals surface area (Å²) in [5, 5.41) is 3.04. The standard InChI is InChI=1S/C15H26NO3P/c1-5-6-11-20(17,18-12-13(2)3)19-15-9-7-14(16-4)8-10-15/h7-10,13,16H,5-6,11-12H2,1-4H3. The molecule has 0 spiro atoms. The number of nitrogens with one attached hydrogen (secondary N) is 1. The maximum Gasteiger partial charge on any atom is 0.379 e. The van der Waals surface area contributed by atoms with Crippen LogP contribution in [0.2, 0.25) is 0 Å². The van der Waals surface area contributed by atoms with Gasteiger partial charge in [-0.1, -0.05) is 27.2 Å². The molecule has 0 saturated carbocycles. The van der Waals surface area contributed by atoms with Gasteiger partial charge in [0.15, 0.2) is 0 Å². The second-order valence-electron chi connectivity index (χ2n) is 5.24. The van der Waals surface area contributed by atoms with Crippen molar-refractivity contribution in [2.45, 2.75) is 33.6 Å². The Hall–Kier alpha value is -0.990. The summed E-state index contributed by atoms with van der Waals surface area (Å²) in [6, 6.07) is 7.40. The molecule has 4 nitrogen and oxygen atoms in total. The first-order valence-electron chi connectivity index (χ1n) is 7.20. The molecule has 1 rings (SSSR count). The third-order valence-corrected chi connectivity index (χ3v) is 4.67. The minimum Gasteiger partial charge on any atom is -0.424 e. The molecule has 0 saturated heterocycles. The van der Waals surface area contributed by atoms with E-state index in [0.29, 0.717) is 24.4 Å². The predicted octanol–water partition coefficient (Wildman–Crippen LogP) is 4.77. The number of hydrogen-bond donors (Lipinski definition) is 1. The van der Waals surface area contributed by atoms with Crippen molar-refractivity contribution in [1.82, 2.24) is 0 Å². The predicted molar refractivity (Wildman–Crippen MR) is 84.8 cm³/mol. The lowest BCUT2D eigenvalue weighted by Gasteiger charge is -2.20. The average molecular weight is 299 g/mol. The SMILES string of the molecule is CCCCP(=O)(OCC(C)C)Oc1ccc(NC)cc1. The molecule has 0 aliphatic carbocycles. The minimum atomic E-state index is -3.06. The molecule has 1 atom stereocenters. The van der Waals surface area contributed by atoms with E-state index in [2.05, 4.69) is 12.2 Å². The molecule has 20 heavy (non-hydrogen) atoms. The van der Waals surface area contributed by atoms with Crippen LogP contribution in [0.15, 0.2) is 24.3 Å². The fourth-order valence-corrected chi connectivity index (χ4v) is 3.54. The van der Waals surface area contributed by atoms with Crippen molar-refractivity contribution in [1.29, 1.82) is 0 Å². The largest absolute Gasteiger partial charge is 0.424 e. The molecule has 5 heteroatoms. The van der Waals surface area contributed by atoms with E-state index in [1.165, 1.54) is 0 Å². The van der Waals surface area contributed by atoms with Gasteiger partial charge in [-0.25, -0.2) is 4.57 Å². The molecule has 1 N–H and O–H groups in total. The second kappa shape index (κ2) is 8.33. The molecular weight excluding hydrogens is 273 g/mol. The van der Waals surface area contributed by atoms with Gasteiger partial charge in [-0.15, -0.1) is 0 Å².